The third kappa shape index (κ3) is 3.15. The van der Waals surface area contributed by atoms with Gasteiger partial charge in [-0.15, -0.1) is 0 Å². The Kier molecular flexibility index (Phi) is 4.10. The molecule has 0 spiro atoms. The summed E-state index contributed by atoms with van der Waals surface area (Å²) < 4.78 is 13.5. The van der Waals surface area contributed by atoms with E-state index in [-0.39, 0.29) is 5.82 Å². The lowest BCUT2D eigenvalue weighted by atomic mass is 10.2. The molecule has 0 fully saturated rings. The van der Waals surface area contributed by atoms with Crippen molar-refractivity contribution in [3.8, 4) is 0 Å². The summed E-state index contributed by atoms with van der Waals surface area (Å²) in [4.78, 5) is 0. The molecule has 0 aromatic heterocycles. The summed E-state index contributed by atoms with van der Waals surface area (Å²) >= 11 is 11.9. The van der Waals surface area contributed by atoms with Crippen LogP contribution in [-0.4, -0.2) is 0 Å². The third-order valence-corrected chi connectivity index (χ3v) is 3.19. The van der Waals surface area contributed by atoms with Crippen molar-refractivity contribution in [3.05, 3.63) is 63.4 Å². The van der Waals surface area contributed by atoms with Crippen LogP contribution in [0.25, 0.3) is 0 Å². The van der Waals surface area contributed by atoms with Gasteiger partial charge in [-0.2, -0.15) is 0 Å². The van der Waals surface area contributed by atoms with Crippen molar-refractivity contribution in [2.75, 3.05) is 5.32 Å². The van der Waals surface area contributed by atoms with E-state index in [2.05, 4.69) is 5.32 Å². The normalized spacial score (nSPS) is 10.4. The Bertz CT molecular complexity index is 570. The number of aryl methyl sites for hydroxylation is 1. The van der Waals surface area contributed by atoms with Crippen molar-refractivity contribution in [3.63, 3.8) is 0 Å². The summed E-state index contributed by atoms with van der Waals surface area (Å²) in [7, 11) is 0. The van der Waals surface area contributed by atoms with E-state index < -0.39 is 0 Å². The van der Waals surface area contributed by atoms with Gasteiger partial charge in [0.1, 0.15) is 5.82 Å². The number of hydrogen-bond acceptors (Lipinski definition) is 1. The highest BCUT2D eigenvalue weighted by Gasteiger charge is 2.04. The highest BCUT2D eigenvalue weighted by molar-refractivity contribution is 6.35. The summed E-state index contributed by atoms with van der Waals surface area (Å²) in [5.74, 6) is -0.273. The minimum absolute atomic E-state index is 0.273. The molecule has 0 aliphatic carbocycles. The molecule has 2 aromatic rings. The molecule has 0 heterocycles. The van der Waals surface area contributed by atoms with Gasteiger partial charge in [-0.1, -0.05) is 35.3 Å². The molecule has 0 radical (unpaired) electrons. The van der Waals surface area contributed by atoms with Gasteiger partial charge in [-0.05, 0) is 42.3 Å². The Hall–Kier alpha value is -1.25. The van der Waals surface area contributed by atoms with Crippen molar-refractivity contribution in [1.82, 2.24) is 0 Å². The maximum absolute atomic E-state index is 13.5. The zero-order chi connectivity index (χ0) is 13.1. The van der Waals surface area contributed by atoms with E-state index in [1.54, 1.807) is 24.3 Å². The van der Waals surface area contributed by atoms with Crippen LogP contribution in [0.3, 0.4) is 0 Å². The second-order valence-corrected chi connectivity index (χ2v) is 4.92. The van der Waals surface area contributed by atoms with E-state index >= 15 is 0 Å². The second kappa shape index (κ2) is 5.59. The van der Waals surface area contributed by atoms with Crippen LogP contribution in [0.1, 0.15) is 11.1 Å². The predicted octanol–water partition coefficient (Wildman–Crippen LogP) is 5.05. The van der Waals surface area contributed by atoms with Crippen molar-refractivity contribution < 1.29 is 4.39 Å². The number of hydrogen-bond donors (Lipinski definition) is 1. The van der Waals surface area contributed by atoms with E-state index in [1.165, 1.54) is 6.07 Å². The van der Waals surface area contributed by atoms with Crippen LogP contribution in [0.5, 0.6) is 0 Å². The fourth-order valence-corrected chi connectivity index (χ4v) is 2.11. The summed E-state index contributed by atoms with van der Waals surface area (Å²) in [6, 6.07) is 10.2. The summed E-state index contributed by atoms with van der Waals surface area (Å²) in [5.41, 5.74) is 2.35. The third-order valence-electron chi connectivity index (χ3n) is 2.61. The van der Waals surface area contributed by atoms with E-state index in [9.17, 15) is 4.39 Å². The molecule has 0 aliphatic rings. The molecule has 2 aromatic carbocycles. The molecule has 0 saturated heterocycles. The van der Waals surface area contributed by atoms with Crippen molar-refractivity contribution in [1.29, 1.82) is 0 Å². The largest absolute Gasteiger partial charge is 0.379 e. The molecule has 0 bridgehead atoms. The summed E-state index contributed by atoms with van der Waals surface area (Å²) in [6.45, 7) is 2.37. The SMILES string of the molecule is Cc1ccc(F)c(NCc2ccc(Cl)cc2Cl)c1. The van der Waals surface area contributed by atoms with Gasteiger partial charge in [0, 0.05) is 16.6 Å². The first-order chi connectivity index (χ1) is 8.56. The lowest BCUT2D eigenvalue weighted by Gasteiger charge is -2.10. The van der Waals surface area contributed by atoms with Gasteiger partial charge in [0.2, 0.25) is 0 Å². The molecule has 4 heteroatoms. The van der Waals surface area contributed by atoms with Gasteiger partial charge in [0.15, 0.2) is 0 Å². The Labute approximate surface area is 116 Å². The molecule has 0 atom stereocenters. The number of benzene rings is 2. The fourth-order valence-electron chi connectivity index (χ4n) is 1.63. The lowest BCUT2D eigenvalue weighted by molar-refractivity contribution is 0.629. The molecule has 0 aliphatic heterocycles. The Morgan fingerprint density at radius 2 is 1.89 bits per heavy atom. The van der Waals surface area contributed by atoms with Crippen LogP contribution >= 0.6 is 23.2 Å². The minimum atomic E-state index is -0.273. The fraction of sp³-hybridized carbons (Fsp3) is 0.143. The van der Waals surface area contributed by atoms with Crippen LogP contribution in [0.4, 0.5) is 10.1 Å². The monoisotopic (exact) mass is 283 g/mol. The Morgan fingerprint density at radius 3 is 2.61 bits per heavy atom. The Balaban J connectivity index is 2.13. The quantitative estimate of drug-likeness (QED) is 0.831. The molecular formula is C14H12Cl2FN. The van der Waals surface area contributed by atoms with E-state index in [0.29, 0.717) is 22.3 Å². The zero-order valence-electron chi connectivity index (χ0n) is 9.81. The average molecular weight is 284 g/mol. The molecule has 0 unspecified atom stereocenters. The first kappa shape index (κ1) is 13.2. The van der Waals surface area contributed by atoms with E-state index in [1.807, 2.05) is 13.0 Å². The second-order valence-electron chi connectivity index (χ2n) is 4.07. The summed E-state index contributed by atoms with van der Waals surface area (Å²) in [6.07, 6.45) is 0. The van der Waals surface area contributed by atoms with Crippen LogP contribution in [-0.2, 0) is 6.54 Å². The zero-order valence-corrected chi connectivity index (χ0v) is 11.3. The number of nitrogens with one attached hydrogen (secondary N) is 1. The predicted molar refractivity (Wildman–Crippen MR) is 74.9 cm³/mol. The standard InChI is InChI=1S/C14H12Cl2FN/c1-9-2-5-13(17)14(6-9)18-8-10-3-4-11(15)7-12(10)16/h2-7,18H,8H2,1H3. The molecule has 18 heavy (non-hydrogen) atoms. The van der Waals surface area contributed by atoms with Crippen LogP contribution in [0.2, 0.25) is 10.0 Å². The van der Waals surface area contributed by atoms with Gasteiger partial charge >= 0.3 is 0 Å². The number of anilines is 1. The maximum atomic E-state index is 13.5. The molecule has 2 rings (SSSR count). The lowest BCUT2D eigenvalue weighted by Crippen LogP contribution is -2.02. The minimum Gasteiger partial charge on any atom is -0.379 e. The molecule has 0 saturated carbocycles. The highest BCUT2D eigenvalue weighted by atomic mass is 35.5. The molecule has 0 amide bonds. The van der Waals surface area contributed by atoms with Crippen molar-refractivity contribution in [2.24, 2.45) is 0 Å². The molecular weight excluding hydrogens is 272 g/mol. The van der Waals surface area contributed by atoms with E-state index in [0.717, 1.165) is 11.1 Å². The van der Waals surface area contributed by atoms with Crippen LogP contribution < -0.4 is 5.32 Å². The first-order valence-corrected chi connectivity index (χ1v) is 6.26. The number of rotatable bonds is 3. The van der Waals surface area contributed by atoms with Crippen LogP contribution in [0, 0.1) is 12.7 Å². The topological polar surface area (TPSA) is 12.0 Å². The average Bonchev–Trinajstić information content (AvgIpc) is 2.32. The van der Waals surface area contributed by atoms with Gasteiger partial charge in [-0.25, -0.2) is 4.39 Å². The number of halogens is 3. The molecule has 94 valence electrons. The first-order valence-electron chi connectivity index (χ1n) is 5.50. The van der Waals surface area contributed by atoms with Gasteiger partial charge in [-0.3, -0.25) is 0 Å². The van der Waals surface area contributed by atoms with E-state index in [4.69, 9.17) is 23.2 Å². The van der Waals surface area contributed by atoms with Gasteiger partial charge < -0.3 is 5.32 Å². The Morgan fingerprint density at radius 1 is 1.11 bits per heavy atom. The molecule has 1 nitrogen and oxygen atoms in total. The smallest absolute Gasteiger partial charge is 0.146 e. The van der Waals surface area contributed by atoms with Gasteiger partial charge in [0.25, 0.3) is 0 Å². The summed E-state index contributed by atoms with van der Waals surface area (Å²) in [5, 5.41) is 4.19. The molecule has 1 N–H and O–H groups in total. The van der Waals surface area contributed by atoms with Crippen molar-refractivity contribution in [2.45, 2.75) is 13.5 Å². The maximum Gasteiger partial charge on any atom is 0.146 e. The van der Waals surface area contributed by atoms with Gasteiger partial charge in [0.05, 0.1) is 5.69 Å². The van der Waals surface area contributed by atoms with Crippen LogP contribution in [0.15, 0.2) is 36.4 Å². The highest BCUT2D eigenvalue weighted by Crippen LogP contribution is 2.23. The van der Waals surface area contributed by atoms with Crippen molar-refractivity contribution >= 4 is 28.9 Å².